The monoisotopic (exact) mass is 288 g/mol. The minimum absolute atomic E-state index is 0.0305. The Morgan fingerprint density at radius 2 is 2.25 bits per heavy atom. The van der Waals surface area contributed by atoms with Crippen molar-refractivity contribution in [3.05, 3.63) is 47.8 Å². The first-order valence-corrected chi connectivity index (χ1v) is 6.59. The zero-order chi connectivity index (χ0) is 14.5. The second-order valence-electron chi connectivity index (χ2n) is 4.47. The van der Waals surface area contributed by atoms with Gasteiger partial charge in [-0.3, -0.25) is 9.48 Å². The summed E-state index contributed by atoms with van der Waals surface area (Å²) in [5, 5.41) is 10.7. The van der Waals surface area contributed by atoms with Crippen molar-refractivity contribution in [2.45, 2.75) is 13.5 Å². The van der Waals surface area contributed by atoms with Crippen molar-refractivity contribution in [1.29, 1.82) is 0 Å². The van der Waals surface area contributed by atoms with E-state index < -0.39 is 0 Å². The molecule has 104 valence electrons. The maximum atomic E-state index is 11.3. The molecule has 0 aliphatic carbocycles. The summed E-state index contributed by atoms with van der Waals surface area (Å²) >= 11 is 5.22. The number of Topliss-reactive ketones (excluding diaryl/α,β-unsaturated/α-hetero) is 1. The van der Waals surface area contributed by atoms with E-state index in [1.807, 2.05) is 25.4 Å². The molecule has 2 rings (SSSR count). The Bertz CT molecular complexity index is 636. The van der Waals surface area contributed by atoms with Crippen molar-refractivity contribution in [1.82, 2.24) is 15.1 Å². The summed E-state index contributed by atoms with van der Waals surface area (Å²) in [5.74, 6) is 0.0305. The fourth-order valence-electron chi connectivity index (χ4n) is 1.74. The predicted molar refractivity (Wildman–Crippen MR) is 82.7 cm³/mol. The number of carbonyl (C=O) groups is 1. The number of thiocarbonyl (C=S) groups is 1. The fourth-order valence-corrected chi connectivity index (χ4v) is 1.93. The maximum absolute atomic E-state index is 11.3. The molecule has 1 aromatic heterocycles. The van der Waals surface area contributed by atoms with Gasteiger partial charge in [0.1, 0.15) is 0 Å². The van der Waals surface area contributed by atoms with E-state index in [0.29, 0.717) is 17.2 Å². The molecule has 2 N–H and O–H groups in total. The first kappa shape index (κ1) is 14.2. The Kier molecular flexibility index (Phi) is 4.47. The first-order chi connectivity index (χ1) is 9.54. The molecule has 0 bridgehead atoms. The van der Waals surface area contributed by atoms with Gasteiger partial charge in [0.2, 0.25) is 0 Å². The highest BCUT2D eigenvalue weighted by Gasteiger charge is 2.03. The quantitative estimate of drug-likeness (QED) is 0.666. The molecule has 5 nitrogen and oxygen atoms in total. The van der Waals surface area contributed by atoms with Crippen molar-refractivity contribution >= 4 is 28.8 Å². The van der Waals surface area contributed by atoms with Crippen molar-refractivity contribution in [2.24, 2.45) is 7.05 Å². The van der Waals surface area contributed by atoms with E-state index in [2.05, 4.69) is 15.7 Å². The van der Waals surface area contributed by atoms with Gasteiger partial charge in [0.15, 0.2) is 10.9 Å². The average Bonchev–Trinajstić information content (AvgIpc) is 2.82. The lowest BCUT2D eigenvalue weighted by molar-refractivity contribution is 0.101. The van der Waals surface area contributed by atoms with Crippen LogP contribution in [0.4, 0.5) is 5.69 Å². The lowest BCUT2D eigenvalue weighted by atomic mass is 10.1. The van der Waals surface area contributed by atoms with E-state index in [-0.39, 0.29) is 5.78 Å². The Hall–Kier alpha value is -2.21. The van der Waals surface area contributed by atoms with Crippen molar-refractivity contribution in [3.8, 4) is 0 Å². The fraction of sp³-hybridized carbons (Fsp3) is 0.214. The number of aryl methyl sites for hydroxylation is 1. The number of ketones is 1. The molecule has 0 aliphatic rings. The van der Waals surface area contributed by atoms with Crippen LogP contribution in [0.15, 0.2) is 36.7 Å². The van der Waals surface area contributed by atoms with E-state index in [4.69, 9.17) is 12.2 Å². The Balaban J connectivity index is 1.91. The zero-order valence-corrected chi connectivity index (χ0v) is 12.2. The highest BCUT2D eigenvalue weighted by atomic mass is 32.1. The van der Waals surface area contributed by atoms with Gasteiger partial charge >= 0.3 is 0 Å². The molecule has 0 saturated heterocycles. The standard InChI is InChI=1S/C14H16N4OS/c1-10(19)12-4-3-5-13(6-12)17-14(20)15-7-11-8-16-18(2)9-11/h3-6,8-9H,7H2,1-2H3,(H2,15,17,20). The van der Waals surface area contributed by atoms with E-state index in [0.717, 1.165) is 11.3 Å². The van der Waals surface area contributed by atoms with Crippen LogP contribution < -0.4 is 10.6 Å². The van der Waals surface area contributed by atoms with Gasteiger partial charge in [-0.2, -0.15) is 5.10 Å². The van der Waals surface area contributed by atoms with Gasteiger partial charge in [-0.15, -0.1) is 0 Å². The molecule has 2 aromatic rings. The molecular weight excluding hydrogens is 272 g/mol. The number of nitrogens with one attached hydrogen (secondary N) is 2. The van der Waals surface area contributed by atoms with Gasteiger partial charge in [0.25, 0.3) is 0 Å². The average molecular weight is 288 g/mol. The molecule has 0 amide bonds. The minimum atomic E-state index is 0.0305. The van der Waals surface area contributed by atoms with E-state index in [1.54, 1.807) is 23.0 Å². The van der Waals surface area contributed by atoms with Crippen LogP contribution in [0.3, 0.4) is 0 Å². The Morgan fingerprint density at radius 1 is 1.45 bits per heavy atom. The SMILES string of the molecule is CC(=O)c1cccc(NC(=S)NCc2cnn(C)c2)c1. The molecule has 0 unspecified atom stereocenters. The molecule has 0 saturated carbocycles. The summed E-state index contributed by atoms with van der Waals surface area (Å²) in [6.45, 7) is 2.14. The topological polar surface area (TPSA) is 59.0 Å². The largest absolute Gasteiger partial charge is 0.358 e. The molecule has 20 heavy (non-hydrogen) atoms. The highest BCUT2D eigenvalue weighted by molar-refractivity contribution is 7.80. The number of hydrogen-bond donors (Lipinski definition) is 2. The van der Waals surface area contributed by atoms with Crippen LogP contribution in [-0.4, -0.2) is 20.7 Å². The number of nitrogens with zero attached hydrogens (tertiary/aromatic N) is 2. The van der Waals surface area contributed by atoms with Gasteiger partial charge < -0.3 is 10.6 Å². The van der Waals surface area contributed by atoms with Crippen LogP contribution in [0, 0.1) is 0 Å². The molecule has 6 heteroatoms. The lowest BCUT2D eigenvalue weighted by Gasteiger charge is -2.10. The van der Waals surface area contributed by atoms with Gasteiger partial charge in [0, 0.05) is 36.6 Å². The molecule has 0 aliphatic heterocycles. The van der Waals surface area contributed by atoms with E-state index in [9.17, 15) is 4.79 Å². The second-order valence-corrected chi connectivity index (χ2v) is 4.88. The number of carbonyl (C=O) groups excluding carboxylic acids is 1. The van der Waals surface area contributed by atoms with Gasteiger partial charge in [0.05, 0.1) is 6.20 Å². The molecular formula is C14H16N4OS. The van der Waals surface area contributed by atoms with Gasteiger partial charge in [-0.1, -0.05) is 12.1 Å². The van der Waals surface area contributed by atoms with Crippen LogP contribution >= 0.6 is 12.2 Å². The van der Waals surface area contributed by atoms with Crippen LogP contribution in [-0.2, 0) is 13.6 Å². The number of hydrogen-bond acceptors (Lipinski definition) is 3. The number of benzene rings is 1. The molecule has 0 spiro atoms. The third kappa shape index (κ3) is 3.89. The van der Waals surface area contributed by atoms with E-state index in [1.165, 1.54) is 6.92 Å². The minimum Gasteiger partial charge on any atom is -0.358 e. The normalized spacial score (nSPS) is 10.1. The molecule has 1 heterocycles. The summed E-state index contributed by atoms with van der Waals surface area (Å²) in [6.07, 6.45) is 3.71. The maximum Gasteiger partial charge on any atom is 0.171 e. The molecule has 0 atom stereocenters. The van der Waals surface area contributed by atoms with Crippen LogP contribution in [0.5, 0.6) is 0 Å². The third-order valence-electron chi connectivity index (χ3n) is 2.74. The summed E-state index contributed by atoms with van der Waals surface area (Å²) in [6, 6.07) is 7.24. The van der Waals surface area contributed by atoms with Gasteiger partial charge in [-0.05, 0) is 31.3 Å². The third-order valence-corrected chi connectivity index (χ3v) is 2.98. The Labute approximate surface area is 123 Å². The van der Waals surface area contributed by atoms with Gasteiger partial charge in [-0.25, -0.2) is 0 Å². The smallest absolute Gasteiger partial charge is 0.171 e. The Morgan fingerprint density at radius 3 is 2.90 bits per heavy atom. The highest BCUT2D eigenvalue weighted by Crippen LogP contribution is 2.11. The van der Waals surface area contributed by atoms with Crippen LogP contribution in [0.2, 0.25) is 0 Å². The van der Waals surface area contributed by atoms with Crippen LogP contribution in [0.1, 0.15) is 22.8 Å². The predicted octanol–water partition coefficient (Wildman–Crippen LogP) is 2.11. The second kappa shape index (κ2) is 6.29. The molecule has 1 aromatic carbocycles. The van der Waals surface area contributed by atoms with Crippen LogP contribution in [0.25, 0.3) is 0 Å². The summed E-state index contributed by atoms with van der Waals surface area (Å²) in [5.41, 5.74) is 2.50. The molecule has 0 radical (unpaired) electrons. The number of aromatic nitrogens is 2. The number of rotatable bonds is 4. The zero-order valence-electron chi connectivity index (χ0n) is 11.4. The van der Waals surface area contributed by atoms with Crippen molar-refractivity contribution < 1.29 is 4.79 Å². The summed E-state index contributed by atoms with van der Waals surface area (Å²) < 4.78 is 1.74. The lowest BCUT2D eigenvalue weighted by Crippen LogP contribution is -2.27. The first-order valence-electron chi connectivity index (χ1n) is 6.18. The summed E-state index contributed by atoms with van der Waals surface area (Å²) in [4.78, 5) is 11.3. The summed E-state index contributed by atoms with van der Waals surface area (Å²) in [7, 11) is 1.87. The van der Waals surface area contributed by atoms with E-state index >= 15 is 0 Å². The number of anilines is 1. The molecule has 0 fully saturated rings. The van der Waals surface area contributed by atoms with Crippen molar-refractivity contribution in [3.63, 3.8) is 0 Å². The van der Waals surface area contributed by atoms with Crippen molar-refractivity contribution in [2.75, 3.05) is 5.32 Å².